The van der Waals surface area contributed by atoms with Crippen molar-refractivity contribution in [2.24, 2.45) is 0 Å². The Morgan fingerprint density at radius 1 is 1.25 bits per heavy atom. The first-order chi connectivity index (χ1) is 9.51. The van der Waals surface area contributed by atoms with Crippen LogP contribution in [0.4, 0.5) is 10.1 Å². The minimum atomic E-state index is -1.27. The van der Waals surface area contributed by atoms with Crippen LogP contribution in [0.2, 0.25) is 0 Å². The van der Waals surface area contributed by atoms with E-state index in [0.717, 1.165) is 11.1 Å². The lowest BCUT2D eigenvalue weighted by atomic mass is 10.1. The summed E-state index contributed by atoms with van der Waals surface area (Å²) in [5, 5.41) is 0. The number of rotatable bonds is 4. The smallest absolute Gasteiger partial charge is 0.137 e. The maximum absolute atomic E-state index is 13.1. The second kappa shape index (κ2) is 6.05. The standard InChI is InChI=1S/C15H16FNO2S/c1-10-7-12(16)4-3-11(10)9-20(18)15-6-5-13(17)8-14(15)19-2/h3-8H,9,17H2,1-2H3. The van der Waals surface area contributed by atoms with E-state index in [4.69, 9.17) is 10.5 Å². The van der Waals surface area contributed by atoms with Gasteiger partial charge in [-0.3, -0.25) is 4.21 Å². The van der Waals surface area contributed by atoms with Gasteiger partial charge in [0.1, 0.15) is 11.6 Å². The number of ether oxygens (including phenoxy) is 1. The molecule has 0 bridgehead atoms. The van der Waals surface area contributed by atoms with Crippen molar-refractivity contribution >= 4 is 16.5 Å². The molecule has 0 amide bonds. The van der Waals surface area contributed by atoms with Gasteiger partial charge in [-0.25, -0.2) is 4.39 Å². The Bertz CT molecular complexity index is 658. The molecule has 20 heavy (non-hydrogen) atoms. The predicted molar refractivity (Wildman–Crippen MR) is 78.7 cm³/mol. The van der Waals surface area contributed by atoms with Crippen LogP contribution in [0.15, 0.2) is 41.3 Å². The molecule has 0 saturated heterocycles. The first-order valence-electron chi connectivity index (χ1n) is 6.08. The number of aryl methyl sites for hydroxylation is 1. The van der Waals surface area contributed by atoms with E-state index in [2.05, 4.69) is 0 Å². The molecule has 106 valence electrons. The van der Waals surface area contributed by atoms with E-state index in [1.165, 1.54) is 19.2 Å². The molecule has 2 aromatic rings. The number of anilines is 1. The molecule has 0 saturated carbocycles. The number of hydrogen-bond acceptors (Lipinski definition) is 3. The fraction of sp³-hybridized carbons (Fsp3) is 0.200. The van der Waals surface area contributed by atoms with E-state index in [1.807, 2.05) is 0 Å². The van der Waals surface area contributed by atoms with Crippen LogP contribution in [0.1, 0.15) is 11.1 Å². The number of hydrogen-bond donors (Lipinski definition) is 1. The number of nitrogen functional groups attached to an aromatic ring is 1. The summed E-state index contributed by atoms with van der Waals surface area (Å²) in [6.07, 6.45) is 0. The largest absolute Gasteiger partial charge is 0.495 e. The Morgan fingerprint density at radius 2 is 2.00 bits per heavy atom. The first kappa shape index (κ1) is 14.5. The number of benzene rings is 2. The molecule has 0 aliphatic carbocycles. The molecule has 5 heteroatoms. The zero-order chi connectivity index (χ0) is 14.7. The summed E-state index contributed by atoms with van der Waals surface area (Å²) in [6, 6.07) is 9.50. The fourth-order valence-electron chi connectivity index (χ4n) is 1.91. The molecule has 0 spiro atoms. The van der Waals surface area contributed by atoms with Gasteiger partial charge in [0.15, 0.2) is 0 Å². The predicted octanol–water partition coefficient (Wildman–Crippen LogP) is 3.03. The average molecular weight is 293 g/mol. The van der Waals surface area contributed by atoms with Gasteiger partial charge < -0.3 is 10.5 Å². The van der Waals surface area contributed by atoms with E-state index in [1.54, 1.807) is 31.2 Å². The Morgan fingerprint density at radius 3 is 2.65 bits per heavy atom. The van der Waals surface area contributed by atoms with Crippen molar-refractivity contribution in [1.29, 1.82) is 0 Å². The lowest BCUT2D eigenvalue weighted by molar-refractivity contribution is 0.404. The van der Waals surface area contributed by atoms with Crippen molar-refractivity contribution < 1.29 is 13.3 Å². The SMILES string of the molecule is COc1cc(N)ccc1S(=O)Cc1ccc(F)cc1C. The summed E-state index contributed by atoms with van der Waals surface area (Å²) in [7, 11) is 0.239. The van der Waals surface area contributed by atoms with Crippen LogP contribution in [0.3, 0.4) is 0 Å². The topological polar surface area (TPSA) is 52.3 Å². The number of methoxy groups -OCH3 is 1. The van der Waals surface area contributed by atoms with Gasteiger partial charge in [-0.1, -0.05) is 6.07 Å². The molecular weight excluding hydrogens is 277 g/mol. The second-order valence-corrected chi connectivity index (χ2v) is 5.89. The van der Waals surface area contributed by atoms with Crippen LogP contribution in [0.25, 0.3) is 0 Å². The van der Waals surface area contributed by atoms with Gasteiger partial charge in [-0.15, -0.1) is 0 Å². The third-order valence-corrected chi connectivity index (χ3v) is 4.43. The van der Waals surface area contributed by atoms with Crippen LogP contribution >= 0.6 is 0 Å². The minimum Gasteiger partial charge on any atom is -0.495 e. The molecular formula is C15H16FNO2S. The highest BCUT2D eigenvalue weighted by Crippen LogP contribution is 2.27. The van der Waals surface area contributed by atoms with Crippen molar-refractivity contribution in [3.63, 3.8) is 0 Å². The molecule has 0 aliphatic heterocycles. The average Bonchev–Trinajstić information content (AvgIpc) is 2.41. The maximum Gasteiger partial charge on any atom is 0.137 e. The third kappa shape index (κ3) is 3.17. The third-order valence-electron chi connectivity index (χ3n) is 3.02. The quantitative estimate of drug-likeness (QED) is 0.882. The lowest BCUT2D eigenvalue weighted by Crippen LogP contribution is -2.02. The monoisotopic (exact) mass is 293 g/mol. The maximum atomic E-state index is 13.1. The Labute approximate surface area is 120 Å². The van der Waals surface area contributed by atoms with Crippen molar-refractivity contribution in [2.75, 3.05) is 12.8 Å². The fourth-order valence-corrected chi connectivity index (χ4v) is 3.26. The van der Waals surface area contributed by atoms with Crippen LogP contribution in [-0.4, -0.2) is 11.3 Å². The zero-order valence-electron chi connectivity index (χ0n) is 11.4. The normalized spacial score (nSPS) is 12.2. The first-order valence-corrected chi connectivity index (χ1v) is 7.40. The van der Waals surface area contributed by atoms with Gasteiger partial charge >= 0.3 is 0 Å². The summed E-state index contributed by atoms with van der Waals surface area (Å²) >= 11 is 0. The van der Waals surface area contributed by atoms with Crippen molar-refractivity contribution in [3.8, 4) is 5.75 Å². The highest BCUT2D eigenvalue weighted by Gasteiger charge is 2.13. The summed E-state index contributed by atoms with van der Waals surface area (Å²) in [5.74, 6) is 0.525. The van der Waals surface area contributed by atoms with Crippen LogP contribution in [0.5, 0.6) is 5.75 Å². The molecule has 0 radical (unpaired) electrons. The van der Waals surface area contributed by atoms with Crippen molar-refractivity contribution in [3.05, 3.63) is 53.3 Å². The molecule has 0 aromatic heterocycles. The summed E-state index contributed by atoms with van der Waals surface area (Å²) in [4.78, 5) is 0.588. The highest BCUT2D eigenvalue weighted by molar-refractivity contribution is 7.84. The molecule has 2 aromatic carbocycles. The van der Waals surface area contributed by atoms with Crippen molar-refractivity contribution in [1.82, 2.24) is 0 Å². The van der Waals surface area contributed by atoms with Crippen molar-refractivity contribution in [2.45, 2.75) is 17.6 Å². The highest BCUT2D eigenvalue weighted by atomic mass is 32.2. The van der Waals surface area contributed by atoms with E-state index in [0.29, 0.717) is 22.1 Å². The van der Waals surface area contributed by atoms with Crippen LogP contribution in [-0.2, 0) is 16.6 Å². The van der Waals surface area contributed by atoms with Gasteiger partial charge in [0.25, 0.3) is 0 Å². The minimum absolute atomic E-state index is 0.290. The molecule has 1 atom stereocenters. The zero-order valence-corrected chi connectivity index (χ0v) is 12.2. The molecule has 0 fully saturated rings. The summed E-state index contributed by atoms with van der Waals surface area (Å²) in [6.45, 7) is 1.80. The second-order valence-electron chi connectivity index (χ2n) is 4.47. The van der Waals surface area contributed by atoms with E-state index in [9.17, 15) is 8.60 Å². The molecule has 0 heterocycles. The van der Waals surface area contributed by atoms with Gasteiger partial charge in [-0.05, 0) is 42.3 Å². The van der Waals surface area contributed by atoms with Gasteiger partial charge in [0.05, 0.1) is 28.6 Å². The summed E-state index contributed by atoms with van der Waals surface area (Å²) < 4.78 is 30.7. The summed E-state index contributed by atoms with van der Waals surface area (Å²) in [5.41, 5.74) is 7.87. The van der Waals surface area contributed by atoms with E-state index in [-0.39, 0.29) is 5.82 Å². The van der Waals surface area contributed by atoms with E-state index >= 15 is 0 Å². The van der Waals surface area contributed by atoms with Crippen LogP contribution < -0.4 is 10.5 Å². The lowest BCUT2D eigenvalue weighted by Gasteiger charge is -2.10. The van der Waals surface area contributed by atoms with Crippen LogP contribution in [0, 0.1) is 12.7 Å². The molecule has 0 aliphatic rings. The molecule has 2 N–H and O–H groups in total. The number of halogens is 1. The molecule has 2 rings (SSSR count). The molecule has 1 unspecified atom stereocenters. The Kier molecular flexibility index (Phi) is 4.39. The Hall–Kier alpha value is -1.88. The van der Waals surface area contributed by atoms with Gasteiger partial charge in [-0.2, -0.15) is 0 Å². The van der Waals surface area contributed by atoms with Gasteiger partial charge in [0, 0.05) is 11.8 Å². The molecule has 3 nitrogen and oxygen atoms in total. The number of nitrogens with two attached hydrogens (primary N) is 1. The Balaban J connectivity index is 2.28. The van der Waals surface area contributed by atoms with Gasteiger partial charge in [0.2, 0.25) is 0 Å². The van der Waals surface area contributed by atoms with E-state index < -0.39 is 10.8 Å².